The zero-order valence-corrected chi connectivity index (χ0v) is 6.78. The van der Waals surface area contributed by atoms with Crippen molar-refractivity contribution in [3.8, 4) is 0 Å². The average Bonchev–Trinajstić information content (AvgIpc) is 1.35. The van der Waals surface area contributed by atoms with Crippen molar-refractivity contribution in [1.82, 2.24) is 0 Å². The van der Waals surface area contributed by atoms with Gasteiger partial charge < -0.3 is 0 Å². The molecule has 48 valence electrons. The molecule has 0 bridgehead atoms. The van der Waals surface area contributed by atoms with E-state index >= 15 is 0 Å². The molecule has 0 aromatic rings. The Kier molecular flexibility index (Phi) is 5.40. The Hall–Kier alpha value is 0.598. The van der Waals surface area contributed by atoms with E-state index in [1.54, 1.807) is 0 Å². The Morgan fingerprint density at radius 1 is 1.57 bits per heavy atom. The van der Waals surface area contributed by atoms with Crippen LogP contribution in [0, 0.1) is 0 Å². The third-order valence-corrected chi connectivity index (χ3v) is 1.09. The summed E-state index contributed by atoms with van der Waals surface area (Å²) in [4.78, 5) is 0. The van der Waals surface area contributed by atoms with Crippen LogP contribution in [0.25, 0.3) is 0 Å². The second-order valence-electron chi connectivity index (χ2n) is 0.871. The van der Waals surface area contributed by atoms with E-state index in [-0.39, 0.29) is 26.8 Å². The monoisotopic (exact) mass is 305 g/mol. The van der Waals surface area contributed by atoms with Gasteiger partial charge in [-0.15, -0.1) is 0 Å². The van der Waals surface area contributed by atoms with Crippen LogP contribution in [0.1, 0.15) is 6.92 Å². The molecule has 5 heteroatoms. The van der Waals surface area contributed by atoms with E-state index in [9.17, 15) is 8.42 Å². The van der Waals surface area contributed by atoms with E-state index in [1.165, 1.54) is 6.92 Å². The summed E-state index contributed by atoms with van der Waals surface area (Å²) in [6.45, 7) is 1.37. The Balaban J connectivity index is 0. The van der Waals surface area contributed by atoms with Crippen molar-refractivity contribution in [3.05, 3.63) is 0 Å². The smallest absolute Gasteiger partial charge is 0.264 e. The van der Waals surface area contributed by atoms with Crippen molar-refractivity contribution in [2.75, 3.05) is 5.75 Å². The van der Waals surface area contributed by atoms with Crippen molar-refractivity contribution in [3.63, 3.8) is 0 Å². The summed E-state index contributed by atoms with van der Waals surface area (Å²) in [5, 5.41) is 0. The van der Waals surface area contributed by atoms with E-state index < -0.39 is 10.1 Å². The van der Waals surface area contributed by atoms with Gasteiger partial charge in [0, 0.05) is 21.1 Å². The first-order chi connectivity index (χ1) is 2.56. The zero-order valence-electron chi connectivity index (χ0n) is 3.70. The van der Waals surface area contributed by atoms with Gasteiger partial charge in [0.15, 0.2) is 0 Å². The molecule has 0 rings (SSSR count). The minimum absolute atomic E-state index is 0. The van der Waals surface area contributed by atoms with Gasteiger partial charge in [0.1, 0.15) is 0 Å². The second-order valence-corrected chi connectivity index (χ2v) is 2.61. The Bertz CT molecular complexity index is 115. The van der Waals surface area contributed by atoms with Crippen LogP contribution >= 0.6 is 0 Å². The summed E-state index contributed by atoms with van der Waals surface area (Å²) in [5.74, 6) is -0.201. The van der Waals surface area contributed by atoms with Gasteiger partial charge in [-0.1, -0.05) is 0 Å². The first-order valence-corrected chi connectivity index (χ1v) is 3.12. The van der Waals surface area contributed by atoms with E-state index in [1.807, 2.05) is 0 Å². The molecule has 0 radical (unpaired) electrons. The first-order valence-electron chi connectivity index (χ1n) is 1.51. The van der Waals surface area contributed by atoms with Crippen molar-refractivity contribution in [2.45, 2.75) is 6.92 Å². The molecular weight excluding hydrogens is 299 g/mol. The molecule has 0 amide bonds. The van der Waals surface area contributed by atoms with Crippen molar-refractivity contribution >= 4 is 10.1 Å². The molecule has 0 aliphatic heterocycles. The fraction of sp³-hybridized carbons (Fsp3) is 1.00. The van der Waals surface area contributed by atoms with Crippen LogP contribution in [-0.4, -0.2) is 18.7 Å². The van der Waals surface area contributed by atoms with Crippen LogP contribution in [0.15, 0.2) is 0 Å². The van der Waals surface area contributed by atoms with E-state index in [0.29, 0.717) is 0 Å². The predicted octanol–water partition coefficient (Wildman–Crippen LogP) is -0.108. The van der Waals surface area contributed by atoms with Gasteiger partial charge in [-0.2, -0.15) is 8.42 Å². The SMILES string of the molecule is CCS(=O)(=O)O.[Pt]. The maximum atomic E-state index is 9.56. The molecule has 0 aliphatic carbocycles. The fourth-order valence-electron chi connectivity index (χ4n) is 0. The van der Waals surface area contributed by atoms with Gasteiger partial charge in [-0.05, 0) is 6.92 Å². The normalized spacial score (nSPS) is 10.0. The molecule has 0 aromatic carbocycles. The molecule has 0 saturated heterocycles. The molecule has 0 unspecified atom stereocenters. The molecular formula is C2H6O3PtS. The largest absolute Gasteiger partial charge is 0.286 e. The first kappa shape index (κ1) is 10.6. The van der Waals surface area contributed by atoms with Crippen LogP contribution in [0.5, 0.6) is 0 Å². The third kappa shape index (κ3) is 10.8. The maximum Gasteiger partial charge on any atom is 0.264 e. The molecule has 7 heavy (non-hydrogen) atoms. The van der Waals surface area contributed by atoms with Gasteiger partial charge in [0.25, 0.3) is 10.1 Å². The minimum atomic E-state index is -3.66. The summed E-state index contributed by atoms with van der Waals surface area (Å²) in [6.07, 6.45) is 0. The molecule has 0 heterocycles. The van der Waals surface area contributed by atoms with Crippen molar-refractivity contribution in [1.29, 1.82) is 0 Å². The summed E-state index contributed by atoms with van der Waals surface area (Å²) in [6, 6.07) is 0. The van der Waals surface area contributed by atoms with Gasteiger partial charge in [-0.3, -0.25) is 4.55 Å². The van der Waals surface area contributed by atoms with Crippen LogP contribution < -0.4 is 0 Å². The molecule has 0 atom stereocenters. The van der Waals surface area contributed by atoms with Crippen LogP contribution in [0.2, 0.25) is 0 Å². The van der Waals surface area contributed by atoms with Gasteiger partial charge in [0.2, 0.25) is 0 Å². The van der Waals surface area contributed by atoms with Gasteiger partial charge in [-0.25, -0.2) is 0 Å². The summed E-state index contributed by atoms with van der Waals surface area (Å²) in [5.41, 5.74) is 0. The molecule has 1 N–H and O–H groups in total. The number of hydrogen-bond donors (Lipinski definition) is 1. The second kappa shape index (κ2) is 3.58. The molecule has 0 saturated carbocycles. The zero-order chi connectivity index (χ0) is 5.21. The minimum Gasteiger partial charge on any atom is -0.286 e. The summed E-state index contributed by atoms with van der Waals surface area (Å²) < 4.78 is 26.9. The molecule has 0 spiro atoms. The van der Waals surface area contributed by atoms with Gasteiger partial charge >= 0.3 is 0 Å². The van der Waals surface area contributed by atoms with Crippen LogP contribution in [0.4, 0.5) is 0 Å². The molecule has 0 aliphatic rings. The predicted molar refractivity (Wildman–Crippen MR) is 22.1 cm³/mol. The Morgan fingerprint density at radius 2 is 1.71 bits per heavy atom. The molecule has 3 nitrogen and oxygen atoms in total. The van der Waals surface area contributed by atoms with Gasteiger partial charge in [0.05, 0.1) is 5.75 Å². The number of hydrogen-bond acceptors (Lipinski definition) is 2. The van der Waals surface area contributed by atoms with E-state index in [0.717, 1.165) is 0 Å². The third-order valence-electron chi connectivity index (χ3n) is 0.365. The molecule has 0 fully saturated rings. The molecule has 0 aromatic heterocycles. The quantitative estimate of drug-likeness (QED) is 0.688. The standard InChI is InChI=1S/C2H6O3S.Pt/c1-2-6(3,4)5;/h2H2,1H3,(H,3,4,5);. The van der Waals surface area contributed by atoms with E-state index in [2.05, 4.69) is 0 Å². The fourth-order valence-corrected chi connectivity index (χ4v) is 0. The summed E-state index contributed by atoms with van der Waals surface area (Å²) in [7, 11) is -3.66. The van der Waals surface area contributed by atoms with Crippen molar-refractivity contribution < 1.29 is 34.0 Å². The number of rotatable bonds is 1. The average molecular weight is 305 g/mol. The maximum absolute atomic E-state index is 9.56. The topological polar surface area (TPSA) is 54.4 Å². The van der Waals surface area contributed by atoms with Crippen molar-refractivity contribution in [2.24, 2.45) is 0 Å². The summed E-state index contributed by atoms with van der Waals surface area (Å²) >= 11 is 0. The van der Waals surface area contributed by atoms with E-state index in [4.69, 9.17) is 4.55 Å². The Morgan fingerprint density at radius 3 is 1.71 bits per heavy atom. The van der Waals surface area contributed by atoms with Crippen LogP contribution in [0.3, 0.4) is 0 Å². The Labute approximate surface area is 57.1 Å². The van der Waals surface area contributed by atoms with Crippen LogP contribution in [-0.2, 0) is 31.2 Å².